The summed E-state index contributed by atoms with van der Waals surface area (Å²) in [7, 11) is 0. The third-order valence-corrected chi connectivity index (χ3v) is 2.76. The average molecular weight is 207 g/mol. The van der Waals surface area contributed by atoms with Crippen molar-refractivity contribution < 1.29 is 14.3 Å². The number of carbonyl (C=O) groups is 1. The van der Waals surface area contributed by atoms with Crippen LogP contribution in [0.3, 0.4) is 0 Å². The predicted molar refractivity (Wildman–Crippen MR) is 54.3 cm³/mol. The second kappa shape index (κ2) is 3.90. The van der Waals surface area contributed by atoms with Crippen LogP contribution >= 0.6 is 0 Å². The maximum absolute atomic E-state index is 10.9. The Morgan fingerprint density at radius 1 is 1.53 bits per heavy atom. The average Bonchev–Trinajstić information content (AvgIpc) is 2.71. The summed E-state index contributed by atoms with van der Waals surface area (Å²) in [5.41, 5.74) is 5.70. The van der Waals surface area contributed by atoms with E-state index in [1.807, 2.05) is 12.1 Å². The molecule has 0 aromatic carbocycles. The van der Waals surface area contributed by atoms with Gasteiger partial charge in [0.2, 0.25) is 0 Å². The van der Waals surface area contributed by atoms with Crippen LogP contribution in [0.1, 0.15) is 18.1 Å². The van der Waals surface area contributed by atoms with Crippen molar-refractivity contribution in [3.8, 4) is 0 Å². The van der Waals surface area contributed by atoms with Crippen molar-refractivity contribution in [2.75, 3.05) is 0 Å². The van der Waals surface area contributed by atoms with Crippen molar-refractivity contribution in [3.05, 3.63) is 36.3 Å². The molecular weight excluding hydrogens is 194 g/mol. The van der Waals surface area contributed by atoms with Gasteiger partial charge in [-0.3, -0.25) is 4.79 Å². The number of aliphatic carboxylic acids is 1. The highest BCUT2D eigenvalue weighted by Crippen LogP contribution is 2.31. The van der Waals surface area contributed by atoms with E-state index in [9.17, 15) is 4.79 Å². The molecule has 80 valence electrons. The van der Waals surface area contributed by atoms with Crippen LogP contribution in [0.5, 0.6) is 0 Å². The Morgan fingerprint density at radius 2 is 2.33 bits per heavy atom. The Kier molecular flexibility index (Phi) is 2.60. The van der Waals surface area contributed by atoms with Crippen molar-refractivity contribution in [2.45, 2.75) is 18.4 Å². The Bertz CT molecular complexity index is 369. The molecule has 0 fully saturated rings. The van der Waals surface area contributed by atoms with Gasteiger partial charge in [-0.25, -0.2) is 0 Å². The molecule has 1 aromatic heterocycles. The van der Waals surface area contributed by atoms with E-state index >= 15 is 0 Å². The highest BCUT2D eigenvalue weighted by atomic mass is 16.4. The molecule has 2 rings (SSSR count). The molecule has 3 N–H and O–H groups in total. The zero-order chi connectivity index (χ0) is 10.8. The van der Waals surface area contributed by atoms with Crippen LogP contribution in [0, 0.1) is 5.92 Å². The first kappa shape index (κ1) is 9.98. The summed E-state index contributed by atoms with van der Waals surface area (Å²) in [6.07, 6.45) is 5.76. The molecule has 0 spiro atoms. The lowest BCUT2D eigenvalue weighted by atomic mass is 9.82. The second-order valence-corrected chi connectivity index (χ2v) is 3.76. The highest BCUT2D eigenvalue weighted by molar-refractivity contribution is 5.71. The van der Waals surface area contributed by atoms with Crippen LogP contribution in [-0.2, 0) is 4.79 Å². The van der Waals surface area contributed by atoms with Crippen molar-refractivity contribution in [1.29, 1.82) is 0 Å². The Balaban J connectivity index is 2.18. The van der Waals surface area contributed by atoms with E-state index in [1.165, 1.54) is 0 Å². The third-order valence-electron chi connectivity index (χ3n) is 2.76. The maximum Gasteiger partial charge on any atom is 0.308 e. The summed E-state index contributed by atoms with van der Waals surface area (Å²) >= 11 is 0. The molecule has 0 radical (unpaired) electrons. The van der Waals surface area contributed by atoms with Crippen LogP contribution in [0.2, 0.25) is 0 Å². The molecule has 1 heterocycles. The Hall–Kier alpha value is -1.55. The zero-order valence-corrected chi connectivity index (χ0v) is 8.17. The molecule has 15 heavy (non-hydrogen) atoms. The molecule has 4 heteroatoms. The van der Waals surface area contributed by atoms with Gasteiger partial charge in [-0.2, -0.15) is 0 Å². The lowest BCUT2D eigenvalue weighted by molar-refractivity contribution is -0.142. The maximum atomic E-state index is 10.9. The van der Waals surface area contributed by atoms with Crippen LogP contribution in [0.4, 0.5) is 0 Å². The molecule has 1 aromatic rings. The molecule has 0 bridgehead atoms. The SMILES string of the molecule is NC1C=CC(c2ccco2)CC1C(=O)O. The van der Waals surface area contributed by atoms with Gasteiger partial charge in [-0.05, 0) is 18.6 Å². The standard InChI is InChI=1S/C11H13NO3/c12-9-4-3-7(6-8(9)11(13)14)10-2-1-5-15-10/h1-5,7-9H,6,12H2,(H,13,14). The smallest absolute Gasteiger partial charge is 0.308 e. The summed E-state index contributed by atoms with van der Waals surface area (Å²) in [5, 5.41) is 8.98. The van der Waals surface area contributed by atoms with Gasteiger partial charge in [-0.1, -0.05) is 12.2 Å². The van der Waals surface area contributed by atoms with Crippen molar-refractivity contribution >= 4 is 5.97 Å². The minimum absolute atomic E-state index is 0.0286. The van der Waals surface area contributed by atoms with Gasteiger partial charge >= 0.3 is 5.97 Å². The molecule has 3 atom stereocenters. The van der Waals surface area contributed by atoms with E-state index < -0.39 is 17.9 Å². The fourth-order valence-corrected chi connectivity index (χ4v) is 1.88. The van der Waals surface area contributed by atoms with Gasteiger partial charge in [0.25, 0.3) is 0 Å². The number of rotatable bonds is 2. The number of nitrogens with two attached hydrogens (primary N) is 1. The normalized spacial score (nSPS) is 30.3. The van der Waals surface area contributed by atoms with Crippen molar-refractivity contribution in [3.63, 3.8) is 0 Å². The van der Waals surface area contributed by atoms with Crippen LogP contribution < -0.4 is 5.73 Å². The molecule has 0 aliphatic heterocycles. The first-order chi connectivity index (χ1) is 7.18. The van der Waals surface area contributed by atoms with Crippen LogP contribution in [0.25, 0.3) is 0 Å². The topological polar surface area (TPSA) is 76.5 Å². The third kappa shape index (κ3) is 1.94. The van der Waals surface area contributed by atoms with Crippen molar-refractivity contribution in [2.24, 2.45) is 11.7 Å². The molecule has 0 amide bonds. The minimum atomic E-state index is -0.844. The van der Waals surface area contributed by atoms with Gasteiger partial charge < -0.3 is 15.3 Å². The molecule has 0 saturated carbocycles. The van der Waals surface area contributed by atoms with Gasteiger partial charge in [0, 0.05) is 12.0 Å². The van der Waals surface area contributed by atoms with E-state index in [2.05, 4.69) is 0 Å². The lowest BCUT2D eigenvalue weighted by Gasteiger charge is -2.25. The predicted octanol–water partition coefficient (Wildman–Crippen LogP) is 1.35. The summed E-state index contributed by atoms with van der Waals surface area (Å²) in [6, 6.07) is 3.26. The van der Waals surface area contributed by atoms with Crippen LogP contribution in [-0.4, -0.2) is 17.1 Å². The molecular formula is C11H13NO3. The summed E-state index contributed by atoms with van der Waals surface area (Å²) in [5.74, 6) is -0.543. The van der Waals surface area contributed by atoms with Gasteiger partial charge in [0.1, 0.15) is 5.76 Å². The fraction of sp³-hybridized carbons (Fsp3) is 0.364. The number of hydrogen-bond donors (Lipinski definition) is 2. The summed E-state index contributed by atoms with van der Waals surface area (Å²) < 4.78 is 5.25. The van der Waals surface area contributed by atoms with E-state index in [-0.39, 0.29) is 5.92 Å². The highest BCUT2D eigenvalue weighted by Gasteiger charge is 2.31. The molecule has 0 saturated heterocycles. The molecule has 3 unspecified atom stereocenters. The van der Waals surface area contributed by atoms with E-state index in [4.69, 9.17) is 15.3 Å². The molecule has 1 aliphatic rings. The number of carboxylic acids is 1. The quantitative estimate of drug-likeness (QED) is 0.718. The zero-order valence-electron chi connectivity index (χ0n) is 8.17. The first-order valence-corrected chi connectivity index (χ1v) is 4.88. The molecule has 1 aliphatic carbocycles. The van der Waals surface area contributed by atoms with E-state index in [1.54, 1.807) is 18.4 Å². The van der Waals surface area contributed by atoms with E-state index in [0.29, 0.717) is 6.42 Å². The fourth-order valence-electron chi connectivity index (χ4n) is 1.88. The largest absolute Gasteiger partial charge is 0.481 e. The lowest BCUT2D eigenvalue weighted by Crippen LogP contribution is -2.37. The monoisotopic (exact) mass is 207 g/mol. The number of allylic oxidation sites excluding steroid dienone is 1. The first-order valence-electron chi connectivity index (χ1n) is 4.88. The number of carboxylic acid groups (broad SMARTS) is 1. The number of furan rings is 1. The summed E-state index contributed by atoms with van der Waals surface area (Å²) in [6.45, 7) is 0. The second-order valence-electron chi connectivity index (χ2n) is 3.76. The van der Waals surface area contributed by atoms with Gasteiger partial charge in [0.15, 0.2) is 0 Å². The minimum Gasteiger partial charge on any atom is -0.481 e. The van der Waals surface area contributed by atoms with Gasteiger partial charge in [0.05, 0.1) is 12.2 Å². The van der Waals surface area contributed by atoms with Gasteiger partial charge in [-0.15, -0.1) is 0 Å². The Labute approximate surface area is 87.4 Å². The Morgan fingerprint density at radius 3 is 2.93 bits per heavy atom. The van der Waals surface area contributed by atoms with E-state index in [0.717, 1.165) is 5.76 Å². The van der Waals surface area contributed by atoms with Crippen molar-refractivity contribution in [1.82, 2.24) is 0 Å². The summed E-state index contributed by atoms with van der Waals surface area (Å²) in [4.78, 5) is 10.9. The number of hydrogen-bond acceptors (Lipinski definition) is 3. The van der Waals surface area contributed by atoms with Crippen LogP contribution in [0.15, 0.2) is 35.0 Å². The molecule has 4 nitrogen and oxygen atoms in total.